The highest BCUT2D eigenvalue weighted by molar-refractivity contribution is 5.94. The minimum Gasteiger partial charge on any atom is -0.192 e. The molecule has 0 saturated carbocycles. The maximum absolute atomic E-state index is 10.3. The van der Waals surface area contributed by atoms with Crippen molar-refractivity contribution in [1.29, 1.82) is 5.26 Å². The van der Waals surface area contributed by atoms with E-state index in [9.17, 15) is 5.26 Å². The van der Waals surface area contributed by atoms with Crippen LogP contribution in [0.2, 0.25) is 0 Å². The van der Waals surface area contributed by atoms with E-state index < -0.39 is 16.2 Å². The summed E-state index contributed by atoms with van der Waals surface area (Å²) in [5.41, 5.74) is 25.7. The van der Waals surface area contributed by atoms with Crippen LogP contribution in [0.3, 0.4) is 0 Å². The number of nitrogens with zero attached hydrogens (tertiary/aromatic N) is 1. The Bertz CT molecular complexity index is 4190. The molecule has 15 rings (SSSR count). The lowest BCUT2D eigenvalue weighted by Crippen LogP contribution is -2.29. The van der Waals surface area contributed by atoms with E-state index in [1.54, 1.807) is 0 Å². The highest BCUT2D eigenvalue weighted by Gasteiger charge is 2.50. The summed E-state index contributed by atoms with van der Waals surface area (Å²) in [6.45, 7) is 0. The molecule has 12 aromatic carbocycles. The van der Waals surface area contributed by atoms with Gasteiger partial charge in [-0.05, 0) is 159 Å². The van der Waals surface area contributed by atoms with Crippen molar-refractivity contribution in [3.05, 3.63) is 370 Å². The van der Waals surface area contributed by atoms with Crippen molar-refractivity contribution in [3.63, 3.8) is 0 Å². The van der Waals surface area contributed by atoms with Gasteiger partial charge in [-0.3, -0.25) is 0 Å². The van der Waals surface area contributed by atoms with Crippen molar-refractivity contribution in [2.24, 2.45) is 0 Å². The Morgan fingerprint density at radius 3 is 0.740 bits per heavy atom. The summed E-state index contributed by atoms with van der Waals surface area (Å²) in [7, 11) is 0. The van der Waals surface area contributed by atoms with Gasteiger partial charge in [-0.1, -0.05) is 261 Å². The van der Waals surface area contributed by atoms with Crippen LogP contribution in [0.15, 0.2) is 297 Å². The second-order valence-corrected chi connectivity index (χ2v) is 20.9. The first-order valence-corrected chi connectivity index (χ1v) is 26.7. The number of fused-ring (bicyclic) bond motifs is 9. The first-order chi connectivity index (χ1) is 38.1. The monoisotopic (exact) mass is 975 g/mol. The average molecular weight is 976 g/mol. The molecule has 0 aliphatic heterocycles. The van der Waals surface area contributed by atoms with Crippen molar-refractivity contribution in [3.8, 4) is 61.7 Å². The smallest absolute Gasteiger partial charge is 0.0991 e. The number of rotatable bonds is 8. The Morgan fingerprint density at radius 1 is 0.208 bits per heavy atom. The van der Waals surface area contributed by atoms with Gasteiger partial charge in [-0.15, -0.1) is 0 Å². The molecule has 358 valence electrons. The molecule has 0 amide bonds. The van der Waals surface area contributed by atoms with Crippen LogP contribution in [0.4, 0.5) is 0 Å². The van der Waals surface area contributed by atoms with Gasteiger partial charge in [0, 0.05) is 0 Å². The standard InChI is InChI=1S/C76H49N/c77-50-51-35-40-63-65-42-37-53(47-71(65)75(69(63)45-51,58-25-11-3-12-26-58)59-27-13-4-14-28-59)55-39-44-67-66-43-38-54(48-72(66)76(73(67)49-55,60-29-15-5-16-30-60)61-31-17-6-18-32-61)52-36-41-64-62-33-19-20-34-68(62)74(70(64)46-52,56-21-7-1-8-22-56)57-23-9-2-10-24-57/h1-49H. The fraction of sp³-hybridized carbons (Fsp3) is 0.0395. The van der Waals surface area contributed by atoms with Crippen LogP contribution in [0.1, 0.15) is 72.3 Å². The second-order valence-electron chi connectivity index (χ2n) is 20.9. The van der Waals surface area contributed by atoms with E-state index in [-0.39, 0.29) is 0 Å². The van der Waals surface area contributed by atoms with E-state index in [2.05, 4.69) is 297 Å². The fourth-order valence-electron chi connectivity index (χ4n) is 14.2. The van der Waals surface area contributed by atoms with E-state index >= 15 is 0 Å². The van der Waals surface area contributed by atoms with Crippen LogP contribution in [-0.2, 0) is 16.2 Å². The molecule has 3 aliphatic rings. The third kappa shape index (κ3) is 6.28. The normalized spacial score (nSPS) is 14.3. The van der Waals surface area contributed by atoms with Crippen LogP contribution >= 0.6 is 0 Å². The lowest BCUT2D eigenvalue weighted by atomic mass is 9.66. The minimum absolute atomic E-state index is 0.507. The van der Waals surface area contributed by atoms with Crippen LogP contribution in [0, 0.1) is 11.3 Å². The first kappa shape index (κ1) is 44.6. The molecule has 0 N–H and O–H groups in total. The van der Waals surface area contributed by atoms with Gasteiger partial charge in [-0.25, -0.2) is 0 Å². The summed E-state index contributed by atoms with van der Waals surface area (Å²) in [5, 5.41) is 10.3. The zero-order valence-electron chi connectivity index (χ0n) is 42.2. The van der Waals surface area contributed by atoms with Gasteiger partial charge in [0.25, 0.3) is 0 Å². The summed E-state index contributed by atoms with van der Waals surface area (Å²) in [4.78, 5) is 0. The molecule has 77 heavy (non-hydrogen) atoms. The number of hydrogen-bond acceptors (Lipinski definition) is 1. The predicted molar refractivity (Wildman–Crippen MR) is 314 cm³/mol. The van der Waals surface area contributed by atoms with Gasteiger partial charge in [0.05, 0.1) is 27.9 Å². The van der Waals surface area contributed by atoms with Crippen LogP contribution in [0.5, 0.6) is 0 Å². The highest BCUT2D eigenvalue weighted by atomic mass is 14.5. The molecule has 1 nitrogen and oxygen atoms in total. The number of hydrogen-bond donors (Lipinski definition) is 0. The maximum atomic E-state index is 10.3. The van der Waals surface area contributed by atoms with Gasteiger partial charge in [0.2, 0.25) is 0 Å². The third-order valence-electron chi connectivity index (χ3n) is 17.4. The average Bonchev–Trinajstić information content (AvgIpc) is 4.10. The zero-order valence-corrected chi connectivity index (χ0v) is 42.2. The lowest BCUT2D eigenvalue weighted by Gasteiger charge is -2.35. The predicted octanol–water partition coefficient (Wildman–Crippen LogP) is 18.0. The Kier molecular flexibility index (Phi) is 10.1. The molecule has 0 spiro atoms. The minimum atomic E-state index is -0.653. The molecular formula is C76H49N. The van der Waals surface area contributed by atoms with Gasteiger partial charge < -0.3 is 0 Å². The van der Waals surface area contributed by atoms with E-state index in [0.717, 1.165) is 22.3 Å². The van der Waals surface area contributed by atoms with E-state index in [1.165, 1.54) is 100 Å². The van der Waals surface area contributed by atoms with E-state index in [0.29, 0.717) is 5.56 Å². The second kappa shape index (κ2) is 17.4. The molecule has 0 saturated heterocycles. The van der Waals surface area contributed by atoms with Crippen molar-refractivity contribution in [1.82, 2.24) is 0 Å². The molecule has 0 radical (unpaired) electrons. The summed E-state index contributed by atoms with van der Waals surface area (Å²) < 4.78 is 0. The molecule has 0 aromatic heterocycles. The highest BCUT2D eigenvalue weighted by Crippen LogP contribution is 2.61. The van der Waals surface area contributed by atoms with Crippen LogP contribution in [0.25, 0.3) is 55.6 Å². The van der Waals surface area contributed by atoms with Crippen molar-refractivity contribution < 1.29 is 0 Å². The summed E-state index contributed by atoms with van der Waals surface area (Å²) >= 11 is 0. The Balaban J connectivity index is 0.943. The summed E-state index contributed by atoms with van der Waals surface area (Å²) in [6, 6.07) is 113. The first-order valence-electron chi connectivity index (χ1n) is 26.7. The molecule has 12 aromatic rings. The number of benzene rings is 12. The lowest BCUT2D eigenvalue weighted by molar-refractivity contribution is 0.767. The molecule has 3 aliphatic carbocycles. The molecule has 0 fully saturated rings. The quantitative estimate of drug-likeness (QED) is 0.149. The van der Waals surface area contributed by atoms with Crippen LogP contribution < -0.4 is 0 Å². The van der Waals surface area contributed by atoms with E-state index in [4.69, 9.17) is 0 Å². The van der Waals surface area contributed by atoms with Gasteiger partial charge in [0.15, 0.2) is 0 Å². The summed E-state index contributed by atoms with van der Waals surface area (Å²) in [5.74, 6) is 0. The van der Waals surface area contributed by atoms with E-state index in [1.807, 2.05) is 6.07 Å². The van der Waals surface area contributed by atoms with Crippen molar-refractivity contribution in [2.75, 3.05) is 0 Å². The fourth-order valence-corrected chi connectivity index (χ4v) is 14.2. The van der Waals surface area contributed by atoms with Crippen molar-refractivity contribution >= 4 is 0 Å². The largest absolute Gasteiger partial charge is 0.192 e. The third-order valence-corrected chi connectivity index (χ3v) is 17.4. The molecule has 0 atom stereocenters. The molecular weight excluding hydrogens is 927 g/mol. The Labute approximate surface area is 450 Å². The molecule has 0 unspecified atom stereocenters. The van der Waals surface area contributed by atoms with Crippen molar-refractivity contribution in [2.45, 2.75) is 16.2 Å². The number of nitriles is 1. The zero-order chi connectivity index (χ0) is 51.1. The van der Waals surface area contributed by atoms with Crippen LogP contribution in [-0.4, -0.2) is 0 Å². The molecule has 1 heteroatoms. The Morgan fingerprint density at radius 2 is 0.442 bits per heavy atom. The topological polar surface area (TPSA) is 23.8 Å². The van der Waals surface area contributed by atoms with Gasteiger partial charge >= 0.3 is 0 Å². The molecule has 0 heterocycles. The maximum Gasteiger partial charge on any atom is 0.0991 e. The SMILES string of the molecule is N#Cc1ccc2c(c1)C(c1ccccc1)(c1ccccc1)c1cc(-c3ccc4c(c3)C(c3ccccc3)(c3ccccc3)c3cc(-c5ccc6c(c5)C(c5ccccc5)(c5ccccc5)c5ccccc5-6)ccc3-4)ccc1-2. The van der Waals surface area contributed by atoms with Gasteiger partial charge in [0.1, 0.15) is 0 Å². The molecule has 0 bridgehead atoms. The Hall–Kier alpha value is -9.87. The summed E-state index contributed by atoms with van der Waals surface area (Å²) in [6.07, 6.45) is 0. The van der Waals surface area contributed by atoms with Gasteiger partial charge in [-0.2, -0.15) is 5.26 Å².